The average molecular weight is 344 g/mol. The van der Waals surface area contributed by atoms with Crippen molar-refractivity contribution in [3.05, 3.63) is 30.5 Å². The van der Waals surface area contributed by atoms with Crippen LogP contribution in [-0.2, 0) is 18.3 Å². The van der Waals surface area contributed by atoms with Crippen molar-refractivity contribution in [1.29, 1.82) is 0 Å². The van der Waals surface area contributed by atoms with Crippen molar-refractivity contribution >= 4 is 11.8 Å². The molecule has 1 saturated heterocycles. The fourth-order valence-corrected chi connectivity index (χ4v) is 3.25. The summed E-state index contributed by atoms with van der Waals surface area (Å²) in [4.78, 5) is 15.5. The molecule has 0 radical (unpaired) electrons. The second kappa shape index (κ2) is 7.82. The van der Waals surface area contributed by atoms with Crippen LogP contribution in [0.15, 0.2) is 24.7 Å². The molecule has 3 rings (SSSR count). The molecule has 2 aromatic rings. The van der Waals surface area contributed by atoms with Gasteiger partial charge in [-0.3, -0.25) is 0 Å². The van der Waals surface area contributed by atoms with Crippen LogP contribution in [0.4, 0.5) is 11.8 Å². The molecule has 1 fully saturated rings. The largest absolute Gasteiger partial charge is 0.376 e. The summed E-state index contributed by atoms with van der Waals surface area (Å²) in [6.07, 6.45) is 7.95. The van der Waals surface area contributed by atoms with Crippen LogP contribution in [0.1, 0.15) is 32.5 Å². The minimum atomic E-state index is 0.220. The Morgan fingerprint density at radius 1 is 1.36 bits per heavy atom. The van der Waals surface area contributed by atoms with Crippen LogP contribution in [0.5, 0.6) is 0 Å². The Labute approximate surface area is 149 Å². The van der Waals surface area contributed by atoms with Gasteiger partial charge < -0.3 is 19.5 Å². The maximum absolute atomic E-state index is 5.96. The lowest BCUT2D eigenvalue weighted by Gasteiger charge is -2.35. The molecule has 0 spiro atoms. The number of rotatable bonds is 6. The van der Waals surface area contributed by atoms with Gasteiger partial charge in [0.1, 0.15) is 11.6 Å². The van der Waals surface area contributed by atoms with Gasteiger partial charge in [0.05, 0.1) is 18.7 Å². The van der Waals surface area contributed by atoms with Gasteiger partial charge in [0.25, 0.3) is 0 Å². The summed E-state index contributed by atoms with van der Waals surface area (Å²) in [6.45, 7) is 5.92. The quantitative estimate of drug-likeness (QED) is 0.868. The van der Waals surface area contributed by atoms with Crippen LogP contribution in [0, 0.1) is 5.92 Å². The van der Waals surface area contributed by atoms with E-state index in [0.717, 1.165) is 31.1 Å². The molecule has 7 nitrogen and oxygen atoms in total. The third-order valence-electron chi connectivity index (χ3n) is 4.64. The van der Waals surface area contributed by atoms with Gasteiger partial charge in [-0.15, -0.1) is 0 Å². The number of hydrogen-bond donors (Lipinski definition) is 1. The summed E-state index contributed by atoms with van der Waals surface area (Å²) >= 11 is 0. The van der Waals surface area contributed by atoms with E-state index in [1.54, 1.807) is 12.4 Å². The Hall–Kier alpha value is -2.15. The van der Waals surface area contributed by atoms with Crippen molar-refractivity contribution in [3.8, 4) is 0 Å². The molecule has 0 saturated carbocycles. The van der Waals surface area contributed by atoms with Gasteiger partial charge in [-0.2, -0.15) is 4.98 Å². The molecule has 0 bridgehead atoms. The van der Waals surface area contributed by atoms with Crippen LogP contribution in [-0.4, -0.2) is 45.3 Å². The molecule has 2 atom stereocenters. The highest BCUT2D eigenvalue weighted by molar-refractivity contribution is 5.42. The molecular formula is C18H28N6O. The zero-order valence-electron chi connectivity index (χ0n) is 15.5. The maximum atomic E-state index is 5.96. The Bertz CT molecular complexity index is 686. The lowest BCUT2D eigenvalue weighted by Crippen LogP contribution is -2.43. The second-order valence-corrected chi connectivity index (χ2v) is 7.02. The molecule has 0 amide bonds. The zero-order valence-corrected chi connectivity index (χ0v) is 15.5. The number of anilines is 2. The van der Waals surface area contributed by atoms with Gasteiger partial charge >= 0.3 is 0 Å². The Morgan fingerprint density at radius 3 is 2.92 bits per heavy atom. The topological polar surface area (TPSA) is 68.1 Å². The minimum absolute atomic E-state index is 0.220. The number of aromatic nitrogens is 4. The van der Waals surface area contributed by atoms with E-state index in [1.807, 2.05) is 35.8 Å². The standard InChI is InChI=1S/C18H28N6O/c1-13(2)17-14(6-5-11-25-17)21-15-7-8-20-18(22-15)24(4)12-16-19-9-10-23(16)3/h7-10,13-14,17H,5-6,11-12H2,1-4H3,(H,20,21,22). The molecule has 2 unspecified atom stereocenters. The van der Waals surface area contributed by atoms with Crippen LogP contribution >= 0.6 is 0 Å². The number of nitrogens with one attached hydrogen (secondary N) is 1. The molecule has 1 aliphatic rings. The lowest BCUT2D eigenvalue weighted by atomic mass is 9.94. The molecule has 1 aliphatic heterocycles. The summed E-state index contributed by atoms with van der Waals surface area (Å²) < 4.78 is 7.96. The van der Waals surface area contributed by atoms with Gasteiger partial charge in [-0.1, -0.05) is 13.8 Å². The molecule has 25 heavy (non-hydrogen) atoms. The maximum Gasteiger partial charge on any atom is 0.227 e. The first-order valence-electron chi connectivity index (χ1n) is 8.93. The molecule has 2 aromatic heterocycles. The number of ether oxygens (including phenoxy) is 1. The Morgan fingerprint density at radius 2 is 2.20 bits per heavy atom. The van der Waals surface area contributed by atoms with Gasteiger partial charge in [0.15, 0.2) is 0 Å². The van der Waals surface area contributed by atoms with Crippen molar-refractivity contribution in [1.82, 2.24) is 19.5 Å². The van der Waals surface area contributed by atoms with Crippen molar-refractivity contribution in [3.63, 3.8) is 0 Å². The van der Waals surface area contributed by atoms with E-state index in [2.05, 4.69) is 34.1 Å². The Kier molecular flexibility index (Phi) is 5.53. The van der Waals surface area contributed by atoms with Crippen LogP contribution < -0.4 is 10.2 Å². The van der Waals surface area contributed by atoms with Crippen LogP contribution in [0.2, 0.25) is 0 Å². The minimum Gasteiger partial charge on any atom is -0.376 e. The van der Waals surface area contributed by atoms with E-state index in [4.69, 9.17) is 4.74 Å². The molecule has 0 aliphatic carbocycles. The molecule has 0 aromatic carbocycles. The molecule has 7 heteroatoms. The first-order valence-corrected chi connectivity index (χ1v) is 8.93. The molecule has 136 valence electrons. The summed E-state index contributed by atoms with van der Waals surface area (Å²) in [5.41, 5.74) is 0. The third-order valence-corrected chi connectivity index (χ3v) is 4.64. The van der Waals surface area contributed by atoms with Gasteiger partial charge in [-0.25, -0.2) is 9.97 Å². The number of imidazole rings is 1. The molecule has 1 N–H and O–H groups in total. The van der Waals surface area contributed by atoms with Gasteiger partial charge in [0.2, 0.25) is 5.95 Å². The normalized spacial score (nSPS) is 20.7. The first kappa shape index (κ1) is 17.7. The monoisotopic (exact) mass is 344 g/mol. The van der Waals surface area contributed by atoms with Crippen LogP contribution in [0.3, 0.4) is 0 Å². The number of nitrogens with zero attached hydrogens (tertiary/aromatic N) is 5. The van der Waals surface area contributed by atoms with Gasteiger partial charge in [-0.05, 0) is 24.8 Å². The van der Waals surface area contributed by atoms with Crippen molar-refractivity contribution < 1.29 is 4.74 Å². The average Bonchev–Trinajstić information content (AvgIpc) is 3.00. The van der Waals surface area contributed by atoms with E-state index in [-0.39, 0.29) is 12.1 Å². The summed E-state index contributed by atoms with van der Waals surface area (Å²) in [6, 6.07) is 2.21. The highest BCUT2D eigenvalue weighted by atomic mass is 16.5. The van der Waals surface area contributed by atoms with Crippen molar-refractivity contribution in [2.24, 2.45) is 13.0 Å². The van der Waals surface area contributed by atoms with E-state index in [0.29, 0.717) is 18.4 Å². The van der Waals surface area contributed by atoms with E-state index < -0.39 is 0 Å². The predicted molar refractivity (Wildman–Crippen MR) is 98.6 cm³/mol. The predicted octanol–water partition coefficient (Wildman–Crippen LogP) is 2.46. The molecular weight excluding hydrogens is 316 g/mol. The van der Waals surface area contributed by atoms with E-state index in [1.165, 1.54) is 0 Å². The third kappa shape index (κ3) is 4.28. The van der Waals surface area contributed by atoms with E-state index >= 15 is 0 Å². The summed E-state index contributed by atoms with van der Waals surface area (Å²) in [5.74, 6) is 2.99. The number of aryl methyl sites for hydroxylation is 1. The Balaban J connectivity index is 1.69. The first-order chi connectivity index (χ1) is 12.0. The fraction of sp³-hybridized carbons (Fsp3) is 0.611. The smallest absolute Gasteiger partial charge is 0.227 e. The highest BCUT2D eigenvalue weighted by Gasteiger charge is 2.28. The lowest BCUT2D eigenvalue weighted by molar-refractivity contribution is -0.0203. The highest BCUT2D eigenvalue weighted by Crippen LogP contribution is 2.24. The van der Waals surface area contributed by atoms with Crippen LogP contribution in [0.25, 0.3) is 0 Å². The molecule has 3 heterocycles. The van der Waals surface area contributed by atoms with Crippen molar-refractivity contribution in [2.75, 3.05) is 23.9 Å². The SMILES string of the molecule is CC(C)C1OCCCC1Nc1ccnc(N(C)Cc2nccn2C)n1. The number of hydrogen-bond acceptors (Lipinski definition) is 6. The van der Waals surface area contributed by atoms with Crippen molar-refractivity contribution in [2.45, 2.75) is 45.4 Å². The van der Waals surface area contributed by atoms with E-state index in [9.17, 15) is 0 Å². The zero-order chi connectivity index (χ0) is 17.8. The van der Waals surface area contributed by atoms with Gasteiger partial charge in [0, 0.05) is 39.3 Å². The fourth-order valence-electron chi connectivity index (χ4n) is 3.25. The second-order valence-electron chi connectivity index (χ2n) is 7.02. The summed E-state index contributed by atoms with van der Waals surface area (Å²) in [5, 5.41) is 3.55. The summed E-state index contributed by atoms with van der Waals surface area (Å²) in [7, 11) is 3.97.